The van der Waals surface area contributed by atoms with E-state index in [1.165, 1.54) is 27.8 Å². The van der Waals surface area contributed by atoms with Gasteiger partial charge in [-0.3, -0.25) is 15.1 Å². The van der Waals surface area contributed by atoms with Crippen LogP contribution in [0.4, 0.5) is 5.69 Å². The number of hydrogen-bond acceptors (Lipinski definition) is 3. The van der Waals surface area contributed by atoms with Gasteiger partial charge in [0.2, 0.25) is 0 Å². The Balaban J connectivity index is 1.93. The Bertz CT molecular complexity index is 822. The predicted octanol–water partition coefficient (Wildman–Crippen LogP) is 4.67. The molecule has 0 aliphatic carbocycles. The highest BCUT2D eigenvalue weighted by Gasteiger charge is 2.33. The molecule has 0 atom stereocenters. The number of carbonyl (C=O) groups excluding carboxylic acids is 1. The predicted molar refractivity (Wildman–Crippen MR) is 97.9 cm³/mol. The van der Waals surface area contributed by atoms with Gasteiger partial charge in [-0.2, -0.15) is 0 Å². The van der Waals surface area contributed by atoms with Gasteiger partial charge in [0, 0.05) is 0 Å². The number of nitrogens with zero attached hydrogens (tertiary/aromatic N) is 1. The Labute approximate surface area is 140 Å². The molecule has 0 saturated carbocycles. The molecule has 1 aliphatic heterocycles. The van der Waals surface area contributed by atoms with Gasteiger partial charge in [-0.15, -0.1) is 0 Å². The van der Waals surface area contributed by atoms with E-state index in [0.29, 0.717) is 4.91 Å². The van der Waals surface area contributed by atoms with Crippen LogP contribution in [0.2, 0.25) is 0 Å². The molecule has 1 amide bonds. The highest BCUT2D eigenvalue weighted by atomic mass is 32.2. The van der Waals surface area contributed by atoms with E-state index in [1.807, 2.05) is 69.3 Å². The summed E-state index contributed by atoms with van der Waals surface area (Å²) in [4.78, 5) is 14.7. The van der Waals surface area contributed by atoms with Gasteiger partial charge in [0.1, 0.15) is 0 Å². The molecule has 0 spiro atoms. The zero-order valence-corrected chi connectivity index (χ0v) is 14.2. The van der Waals surface area contributed by atoms with Crippen LogP contribution in [0.25, 0.3) is 6.08 Å². The minimum absolute atomic E-state index is 0.135. The summed E-state index contributed by atoms with van der Waals surface area (Å²) in [6.45, 7) is 6.08. The fourth-order valence-corrected chi connectivity index (χ4v) is 3.26. The third kappa shape index (κ3) is 3.08. The van der Waals surface area contributed by atoms with Crippen LogP contribution in [-0.4, -0.2) is 11.1 Å². The van der Waals surface area contributed by atoms with Crippen LogP contribution in [0.5, 0.6) is 0 Å². The summed E-state index contributed by atoms with van der Waals surface area (Å²) in [6.07, 6.45) is 1.85. The van der Waals surface area contributed by atoms with Gasteiger partial charge in [-0.1, -0.05) is 35.9 Å². The van der Waals surface area contributed by atoms with Crippen molar-refractivity contribution >= 4 is 34.6 Å². The zero-order valence-electron chi connectivity index (χ0n) is 13.4. The van der Waals surface area contributed by atoms with Crippen LogP contribution < -0.4 is 4.90 Å². The van der Waals surface area contributed by atoms with Gasteiger partial charge in [-0.25, -0.2) is 0 Å². The van der Waals surface area contributed by atoms with Crippen LogP contribution in [0.1, 0.15) is 22.3 Å². The zero-order chi connectivity index (χ0) is 16.6. The minimum Gasteiger partial charge on any atom is -0.278 e. The average Bonchev–Trinajstić information content (AvgIpc) is 2.79. The van der Waals surface area contributed by atoms with E-state index in [4.69, 9.17) is 5.41 Å². The summed E-state index contributed by atoms with van der Waals surface area (Å²) in [5.74, 6) is -0.135. The molecule has 3 rings (SSSR count). The Morgan fingerprint density at radius 2 is 1.70 bits per heavy atom. The normalized spacial score (nSPS) is 16.5. The summed E-state index contributed by atoms with van der Waals surface area (Å²) in [7, 11) is 0. The minimum atomic E-state index is -0.135. The quantitative estimate of drug-likeness (QED) is 0.817. The second kappa shape index (κ2) is 6.05. The van der Waals surface area contributed by atoms with E-state index in [9.17, 15) is 4.79 Å². The van der Waals surface area contributed by atoms with E-state index in [0.717, 1.165) is 16.8 Å². The summed E-state index contributed by atoms with van der Waals surface area (Å²) in [5, 5.41) is 8.40. The number of nitrogens with one attached hydrogen (secondary N) is 1. The maximum atomic E-state index is 12.7. The maximum Gasteiger partial charge on any atom is 0.271 e. The molecule has 2 aromatic rings. The van der Waals surface area contributed by atoms with Crippen LogP contribution in [-0.2, 0) is 4.79 Å². The number of amides is 1. The van der Waals surface area contributed by atoms with Crippen LogP contribution >= 0.6 is 11.8 Å². The first-order valence-electron chi connectivity index (χ1n) is 7.42. The fourth-order valence-electron chi connectivity index (χ4n) is 2.40. The first-order valence-corrected chi connectivity index (χ1v) is 8.24. The monoisotopic (exact) mass is 322 g/mol. The summed E-state index contributed by atoms with van der Waals surface area (Å²) in [5.41, 5.74) is 5.20. The lowest BCUT2D eigenvalue weighted by atomic mass is 10.1. The van der Waals surface area contributed by atoms with Gasteiger partial charge in [0.15, 0.2) is 5.17 Å². The number of hydrogen-bond donors (Lipinski definition) is 1. The third-order valence-electron chi connectivity index (χ3n) is 3.95. The molecule has 0 bridgehead atoms. The lowest BCUT2D eigenvalue weighted by Crippen LogP contribution is -2.28. The van der Waals surface area contributed by atoms with Gasteiger partial charge >= 0.3 is 0 Å². The third-order valence-corrected chi connectivity index (χ3v) is 4.84. The van der Waals surface area contributed by atoms with Crippen molar-refractivity contribution in [2.24, 2.45) is 0 Å². The molecular weight excluding hydrogens is 304 g/mol. The highest BCUT2D eigenvalue weighted by Crippen LogP contribution is 2.35. The maximum absolute atomic E-state index is 12.7. The SMILES string of the molecule is Cc1ccc(/C=C2\SC(=N)N(c3ccc(C)c(C)c3)C2=O)cc1. The molecule has 4 heteroatoms. The van der Waals surface area contributed by atoms with Crippen molar-refractivity contribution < 1.29 is 4.79 Å². The first-order chi connectivity index (χ1) is 11.0. The number of thioether (sulfide) groups is 1. The molecular formula is C19H18N2OS. The van der Waals surface area contributed by atoms with Gasteiger partial charge in [-0.05, 0) is 67.4 Å². The largest absolute Gasteiger partial charge is 0.278 e. The van der Waals surface area contributed by atoms with Crippen molar-refractivity contribution in [3.8, 4) is 0 Å². The molecule has 1 N–H and O–H groups in total. The summed E-state index contributed by atoms with van der Waals surface area (Å²) >= 11 is 1.21. The van der Waals surface area contributed by atoms with E-state index in [-0.39, 0.29) is 11.1 Å². The van der Waals surface area contributed by atoms with Crippen molar-refractivity contribution in [1.82, 2.24) is 0 Å². The summed E-state index contributed by atoms with van der Waals surface area (Å²) in [6, 6.07) is 13.8. The van der Waals surface area contributed by atoms with Gasteiger partial charge < -0.3 is 0 Å². The topological polar surface area (TPSA) is 44.2 Å². The Hall–Kier alpha value is -2.33. The van der Waals surface area contributed by atoms with Gasteiger partial charge in [0.25, 0.3) is 5.91 Å². The van der Waals surface area contributed by atoms with Crippen molar-refractivity contribution in [3.05, 3.63) is 69.6 Å². The van der Waals surface area contributed by atoms with E-state index in [1.54, 1.807) is 0 Å². The molecule has 2 aromatic carbocycles. The summed E-state index contributed by atoms with van der Waals surface area (Å²) < 4.78 is 0. The molecule has 0 aromatic heterocycles. The van der Waals surface area contributed by atoms with E-state index < -0.39 is 0 Å². The Morgan fingerprint density at radius 3 is 2.35 bits per heavy atom. The molecule has 1 fully saturated rings. The molecule has 3 nitrogen and oxygen atoms in total. The molecule has 116 valence electrons. The Morgan fingerprint density at radius 1 is 1.00 bits per heavy atom. The van der Waals surface area contributed by atoms with E-state index in [2.05, 4.69) is 0 Å². The fraction of sp³-hybridized carbons (Fsp3) is 0.158. The second-order valence-electron chi connectivity index (χ2n) is 5.74. The Kier molecular flexibility index (Phi) is 4.09. The van der Waals surface area contributed by atoms with Gasteiger partial charge in [0.05, 0.1) is 10.6 Å². The van der Waals surface area contributed by atoms with Crippen LogP contribution in [0, 0.1) is 26.2 Å². The number of benzene rings is 2. The number of anilines is 1. The number of carbonyl (C=O) groups is 1. The smallest absolute Gasteiger partial charge is 0.271 e. The lowest BCUT2D eigenvalue weighted by Gasteiger charge is -2.15. The molecule has 1 heterocycles. The molecule has 1 saturated heterocycles. The average molecular weight is 322 g/mol. The molecule has 0 radical (unpaired) electrons. The lowest BCUT2D eigenvalue weighted by molar-refractivity contribution is -0.113. The number of amidine groups is 1. The molecule has 1 aliphatic rings. The highest BCUT2D eigenvalue weighted by molar-refractivity contribution is 8.19. The standard InChI is InChI=1S/C19H18N2OS/c1-12-4-7-15(8-5-12)11-17-18(22)21(19(20)23-17)16-9-6-13(2)14(3)10-16/h4-11,20H,1-3H3/b17-11-,20-19?. The molecule has 0 unspecified atom stereocenters. The van der Waals surface area contributed by atoms with Crippen molar-refractivity contribution in [3.63, 3.8) is 0 Å². The van der Waals surface area contributed by atoms with E-state index >= 15 is 0 Å². The number of rotatable bonds is 2. The molecule has 23 heavy (non-hydrogen) atoms. The second-order valence-corrected chi connectivity index (χ2v) is 6.77. The number of aryl methyl sites for hydroxylation is 3. The van der Waals surface area contributed by atoms with Crippen molar-refractivity contribution in [2.45, 2.75) is 20.8 Å². The van der Waals surface area contributed by atoms with Crippen LogP contribution in [0.3, 0.4) is 0 Å². The van der Waals surface area contributed by atoms with Crippen molar-refractivity contribution in [1.29, 1.82) is 5.41 Å². The van der Waals surface area contributed by atoms with Crippen molar-refractivity contribution in [2.75, 3.05) is 4.90 Å². The first kappa shape index (κ1) is 15.6. The van der Waals surface area contributed by atoms with Crippen LogP contribution in [0.15, 0.2) is 47.4 Å².